The van der Waals surface area contributed by atoms with E-state index in [1.165, 1.54) is 11.1 Å². The fraction of sp³-hybridized carbons (Fsp3) is 0.636. The highest BCUT2D eigenvalue weighted by Gasteiger charge is 2.22. The third-order valence-corrected chi connectivity index (χ3v) is 5.26. The monoisotopic (exact) mass is 387 g/mol. The maximum Gasteiger partial charge on any atom is 0.236 e. The molecular formula is C22H37N5O. The molecule has 0 saturated carbocycles. The van der Waals surface area contributed by atoms with Gasteiger partial charge in [0.25, 0.3) is 0 Å². The lowest BCUT2D eigenvalue weighted by Gasteiger charge is -2.33. The second-order valence-electron chi connectivity index (χ2n) is 8.02. The summed E-state index contributed by atoms with van der Waals surface area (Å²) in [5.74, 6) is 1.45. The average Bonchev–Trinajstić information content (AvgIpc) is 2.67. The maximum absolute atomic E-state index is 11.9. The van der Waals surface area contributed by atoms with Crippen molar-refractivity contribution in [2.24, 2.45) is 4.99 Å². The lowest BCUT2D eigenvalue weighted by molar-refractivity contribution is -0.130. The van der Waals surface area contributed by atoms with E-state index < -0.39 is 0 Å². The van der Waals surface area contributed by atoms with Crippen LogP contribution in [0.25, 0.3) is 0 Å². The molecule has 1 aromatic rings. The molecule has 2 N–H and O–H groups in total. The van der Waals surface area contributed by atoms with Crippen LogP contribution in [0.15, 0.2) is 29.3 Å². The highest BCUT2D eigenvalue weighted by molar-refractivity contribution is 5.80. The van der Waals surface area contributed by atoms with Crippen LogP contribution in [0.3, 0.4) is 0 Å². The number of aliphatic imine (C=N–C) groups is 1. The first-order chi connectivity index (χ1) is 13.4. The molecule has 6 nitrogen and oxygen atoms in total. The minimum atomic E-state index is 0.173. The van der Waals surface area contributed by atoms with Crippen molar-refractivity contribution >= 4 is 11.9 Å². The van der Waals surface area contributed by atoms with Crippen LogP contribution in [0.4, 0.5) is 0 Å². The largest absolute Gasteiger partial charge is 0.357 e. The lowest BCUT2D eigenvalue weighted by Crippen LogP contribution is -2.50. The van der Waals surface area contributed by atoms with Crippen molar-refractivity contribution in [1.82, 2.24) is 20.4 Å². The molecule has 28 heavy (non-hydrogen) atoms. The zero-order valence-corrected chi connectivity index (χ0v) is 18.2. The van der Waals surface area contributed by atoms with Gasteiger partial charge in [-0.15, -0.1) is 0 Å². The van der Waals surface area contributed by atoms with Crippen molar-refractivity contribution in [2.75, 3.05) is 46.8 Å². The Balaban J connectivity index is 1.85. The number of guanidine groups is 1. The molecule has 0 spiro atoms. The molecule has 1 aromatic carbocycles. The van der Waals surface area contributed by atoms with Gasteiger partial charge in [-0.25, -0.2) is 0 Å². The number of nitrogens with one attached hydrogen (secondary N) is 2. The second-order valence-corrected chi connectivity index (χ2v) is 8.02. The van der Waals surface area contributed by atoms with Crippen molar-refractivity contribution in [2.45, 2.75) is 45.6 Å². The Morgan fingerprint density at radius 1 is 1.32 bits per heavy atom. The molecule has 0 radical (unpaired) electrons. The number of aryl methyl sites for hydroxylation is 1. The molecule has 6 heteroatoms. The number of piperidine rings is 1. The first-order valence-electron chi connectivity index (χ1n) is 10.4. The Morgan fingerprint density at radius 2 is 2.04 bits per heavy atom. The molecule has 0 aliphatic carbocycles. The highest BCUT2D eigenvalue weighted by Crippen LogP contribution is 2.17. The standard InChI is InChI=1S/C22H37N5O/c1-6-23-22(24-15-18(3)19-9-7-8-17(2)14-19)25-20-10-12-27(13-11-20)16-21(28)26(4)5/h7-9,14,18,20H,6,10-13,15-16H2,1-5H3,(H2,23,24,25). The third-order valence-electron chi connectivity index (χ3n) is 5.26. The summed E-state index contributed by atoms with van der Waals surface area (Å²) in [4.78, 5) is 20.6. The number of nitrogens with zero attached hydrogens (tertiary/aromatic N) is 3. The number of carbonyl (C=O) groups excluding carboxylic acids is 1. The maximum atomic E-state index is 11.9. The first kappa shape index (κ1) is 22.2. The van der Waals surface area contributed by atoms with Gasteiger partial charge in [0.15, 0.2) is 5.96 Å². The zero-order valence-electron chi connectivity index (χ0n) is 18.2. The lowest BCUT2D eigenvalue weighted by atomic mass is 10.00. The van der Waals surface area contributed by atoms with Crippen molar-refractivity contribution in [3.8, 4) is 0 Å². The molecule has 1 aliphatic rings. The van der Waals surface area contributed by atoms with Gasteiger partial charge < -0.3 is 15.5 Å². The Hall–Kier alpha value is -2.08. The van der Waals surface area contributed by atoms with E-state index in [9.17, 15) is 4.79 Å². The summed E-state index contributed by atoms with van der Waals surface area (Å²) in [6.07, 6.45) is 2.05. The molecular weight excluding hydrogens is 350 g/mol. The Labute approximate surface area is 170 Å². The molecule has 156 valence electrons. The Kier molecular flexibility index (Phi) is 8.77. The predicted octanol–water partition coefficient (Wildman–Crippen LogP) is 2.21. The third kappa shape index (κ3) is 7.15. The minimum absolute atomic E-state index is 0.173. The summed E-state index contributed by atoms with van der Waals surface area (Å²) >= 11 is 0. The van der Waals surface area contributed by atoms with Gasteiger partial charge in [-0.05, 0) is 32.3 Å². The number of likely N-dealkylation sites (N-methyl/N-ethyl adjacent to an activating group) is 1. The van der Waals surface area contributed by atoms with Gasteiger partial charge in [-0.2, -0.15) is 0 Å². The summed E-state index contributed by atoms with van der Waals surface area (Å²) in [6, 6.07) is 9.06. The van der Waals surface area contributed by atoms with E-state index in [1.54, 1.807) is 4.90 Å². The number of benzene rings is 1. The van der Waals surface area contributed by atoms with E-state index in [1.807, 2.05) is 14.1 Å². The number of rotatable bonds is 7. The first-order valence-corrected chi connectivity index (χ1v) is 10.4. The number of carbonyl (C=O) groups is 1. The quantitative estimate of drug-likeness (QED) is 0.556. The van der Waals surface area contributed by atoms with E-state index in [4.69, 9.17) is 4.99 Å². The number of likely N-dealkylation sites (tertiary alicyclic amines) is 1. The van der Waals surface area contributed by atoms with Crippen LogP contribution >= 0.6 is 0 Å². The Bertz CT molecular complexity index is 650. The van der Waals surface area contributed by atoms with Gasteiger partial charge in [-0.3, -0.25) is 14.7 Å². The molecule has 0 aromatic heterocycles. The normalized spacial score (nSPS) is 17.2. The van der Waals surface area contributed by atoms with Crippen LogP contribution in [0.5, 0.6) is 0 Å². The molecule has 1 aliphatic heterocycles. The van der Waals surface area contributed by atoms with Gasteiger partial charge in [0.2, 0.25) is 5.91 Å². The fourth-order valence-electron chi connectivity index (χ4n) is 3.39. The zero-order chi connectivity index (χ0) is 20.5. The van der Waals surface area contributed by atoms with Crippen molar-refractivity contribution in [3.63, 3.8) is 0 Å². The summed E-state index contributed by atoms with van der Waals surface area (Å²) in [6.45, 7) is 10.5. The summed E-state index contributed by atoms with van der Waals surface area (Å²) in [5, 5.41) is 6.96. The van der Waals surface area contributed by atoms with Crippen molar-refractivity contribution in [3.05, 3.63) is 35.4 Å². The van der Waals surface area contributed by atoms with Gasteiger partial charge in [-0.1, -0.05) is 36.8 Å². The fourth-order valence-corrected chi connectivity index (χ4v) is 3.39. The second kappa shape index (κ2) is 11.1. The van der Waals surface area contributed by atoms with Crippen LogP contribution in [0, 0.1) is 6.92 Å². The minimum Gasteiger partial charge on any atom is -0.357 e. The van der Waals surface area contributed by atoms with Gasteiger partial charge in [0.05, 0.1) is 6.54 Å². The SMILES string of the molecule is CCNC(=NCC(C)c1cccc(C)c1)NC1CCN(CC(=O)N(C)C)CC1. The van der Waals surface area contributed by atoms with Crippen molar-refractivity contribution < 1.29 is 4.79 Å². The molecule has 2 rings (SSSR count). The Morgan fingerprint density at radius 3 is 2.64 bits per heavy atom. The smallest absolute Gasteiger partial charge is 0.236 e. The van der Waals surface area contributed by atoms with E-state index in [-0.39, 0.29) is 5.91 Å². The van der Waals surface area contributed by atoms with Crippen LogP contribution in [0.1, 0.15) is 43.7 Å². The molecule has 1 amide bonds. The molecule has 1 fully saturated rings. The van der Waals surface area contributed by atoms with Crippen LogP contribution in [-0.4, -0.2) is 74.5 Å². The number of amides is 1. The molecule has 1 atom stereocenters. The average molecular weight is 388 g/mol. The topological polar surface area (TPSA) is 60.0 Å². The van der Waals surface area contributed by atoms with Crippen LogP contribution in [0.2, 0.25) is 0 Å². The highest BCUT2D eigenvalue weighted by atomic mass is 16.2. The van der Waals surface area contributed by atoms with E-state index in [0.717, 1.165) is 45.0 Å². The summed E-state index contributed by atoms with van der Waals surface area (Å²) < 4.78 is 0. The molecule has 0 bridgehead atoms. The van der Waals surface area contributed by atoms with Gasteiger partial charge in [0.1, 0.15) is 0 Å². The molecule has 1 saturated heterocycles. The van der Waals surface area contributed by atoms with Crippen LogP contribution < -0.4 is 10.6 Å². The van der Waals surface area contributed by atoms with E-state index in [2.05, 4.69) is 60.6 Å². The van der Waals surface area contributed by atoms with E-state index in [0.29, 0.717) is 18.5 Å². The van der Waals surface area contributed by atoms with E-state index >= 15 is 0 Å². The van der Waals surface area contributed by atoms with Gasteiger partial charge in [0, 0.05) is 52.2 Å². The number of hydrogen-bond acceptors (Lipinski definition) is 3. The predicted molar refractivity (Wildman–Crippen MR) is 117 cm³/mol. The summed E-state index contributed by atoms with van der Waals surface area (Å²) in [7, 11) is 3.63. The van der Waals surface area contributed by atoms with Crippen LogP contribution in [-0.2, 0) is 4.79 Å². The number of hydrogen-bond donors (Lipinski definition) is 2. The van der Waals surface area contributed by atoms with Gasteiger partial charge >= 0.3 is 0 Å². The summed E-state index contributed by atoms with van der Waals surface area (Å²) in [5.41, 5.74) is 2.62. The van der Waals surface area contributed by atoms with Crippen molar-refractivity contribution in [1.29, 1.82) is 0 Å². The molecule has 1 heterocycles. The molecule has 1 unspecified atom stereocenters.